The zero-order chi connectivity index (χ0) is 15.4. The number of hydrogen-bond acceptors (Lipinski definition) is 2. The van der Waals surface area contributed by atoms with Gasteiger partial charge in [-0.25, -0.2) is 0 Å². The van der Waals surface area contributed by atoms with E-state index in [1.54, 1.807) is 7.11 Å². The molecule has 0 aromatic heterocycles. The van der Waals surface area contributed by atoms with Crippen molar-refractivity contribution in [3.8, 4) is 5.75 Å². The van der Waals surface area contributed by atoms with Gasteiger partial charge in [-0.05, 0) is 29.3 Å². The first-order valence-corrected chi connectivity index (χ1v) is 7.62. The molecule has 1 atom stereocenters. The summed E-state index contributed by atoms with van der Waals surface area (Å²) in [6, 6.07) is 23.4. The Morgan fingerprint density at radius 3 is 2.41 bits per heavy atom. The first-order valence-electron chi connectivity index (χ1n) is 7.62. The van der Waals surface area contributed by atoms with Gasteiger partial charge in [0.1, 0.15) is 5.75 Å². The van der Waals surface area contributed by atoms with Gasteiger partial charge in [-0.15, -0.1) is 0 Å². The normalized spacial score (nSPS) is 12.3. The van der Waals surface area contributed by atoms with Crippen molar-refractivity contribution in [1.29, 1.82) is 0 Å². The Kier molecular flexibility index (Phi) is 4.40. The van der Waals surface area contributed by atoms with Crippen molar-refractivity contribution in [2.45, 2.75) is 19.5 Å². The van der Waals surface area contributed by atoms with E-state index in [4.69, 9.17) is 4.74 Å². The molecular formula is C20H21NO. The number of rotatable bonds is 5. The smallest absolute Gasteiger partial charge is 0.123 e. The molecule has 0 aliphatic rings. The van der Waals surface area contributed by atoms with E-state index in [-0.39, 0.29) is 0 Å². The van der Waals surface area contributed by atoms with Gasteiger partial charge in [0.05, 0.1) is 7.11 Å². The first kappa shape index (κ1) is 14.6. The van der Waals surface area contributed by atoms with Crippen molar-refractivity contribution in [2.75, 3.05) is 7.11 Å². The predicted octanol–water partition coefficient (Wildman–Crippen LogP) is 4.70. The van der Waals surface area contributed by atoms with Crippen LogP contribution < -0.4 is 10.1 Å². The van der Waals surface area contributed by atoms with Gasteiger partial charge in [0.15, 0.2) is 0 Å². The van der Waals surface area contributed by atoms with E-state index in [0.717, 1.165) is 12.3 Å². The van der Waals surface area contributed by atoms with Gasteiger partial charge >= 0.3 is 0 Å². The summed E-state index contributed by atoms with van der Waals surface area (Å²) >= 11 is 0. The molecule has 0 spiro atoms. The van der Waals surface area contributed by atoms with Gasteiger partial charge in [0.2, 0.25) is 0 Å². The Morgan fingerprint density at radius 1 is 0.909 bits per heavy atom. The zero-order valence-corrected chi connectivity index (χ0v) is 13.0. The molecule has 0 aliphatic carbocycles. The fourth-order valence-corrected chi connectivity index (χ4v) is 2.80. The van der Waals surface area contributed by atoms with Gasteiger partial charge < -0.3 is 10.1 Å². The van der Waals surface area contributed by atoms with E-state index >= 15 is 0 Å². The van der Waals surface area contributed by atoms with Gasteiger partial charge in [-0.2, -0.15) is 0 Å². The van der Waals surface area contributed by atoms with Crippen molar-refractivity contribution in [2.24, 2.45) is 0 Å². The molecule has 0 saturated heterocycles. The molecule has 112 valence electrons. The highest BCUT2D eigenvalue weighted by molar-refractivity contribution is 5.87. The minimum Gasteiger partial charge on any atom is -0.496 e. The number of methoxy groups -OCH3 is 1. The number of ether oxygens (including phenoxy) is 1. The standard InChI is InChI=1S/C20H21NO/c1-15(16-8-4-3-5-9-16)21-14-19-18-11-7-6-10-17(18)12-13-20(19)22-2/h3-13,15,21H,14H2,1-2H3/t15-/m1/s1. The average molecular weight is 291 g/mol. The maximum atomic E-state index is 5.55. The largest absolute Gasteiger partial charge is 0.496 e. The maximum Gasteiger partial charge on any atom is 0.123 e. The molecule has 0 unspecified atom stereocenters. The highest BCUT2D eigenvalue weighted by Crippen LogP contribution is 2.28. The molecule has 22 heavy (non-hydrogen) atoms. The van der Waals surface area contributed by atoms with Crippen LogP contribution in [0.15, 0.2) is 66.7 Å². The third kappa shape index (κ3) is 2.97. The molecule has 0 heterocycles. The molecule has 3 aromatic carbocycles. The molecule has 0 bridgehead atoms. The third-order valence-corrected chi connectivity index (χ3v) is 4.10. The van der Waals surface area contributed by atoms with Crippen LogP contribution in [0, 0.1) is 0 Å². The van der Waals surface area contributed by atoms with Gasteiger partial charge in [0.25, 0.3) is 0 Å². The second kappa shape index (κ2) is 6.63. The van der Waals surface area contributed by atoms with Crippen LogP contribution in [0.5, 0.6) is 5.75 Å². The molecule has 0 radical (unpaired) electrons. The molecule has 2 nitrogen and oxygen atoms in total. The summed E-state index contributed by atoms with van der Waals surface area (Å²) in [4.78, 5) is 0. The lowest BCUT2D eigenvalue weighted by molar-refractivity contribution is 0.407. The van der Waals surface area contributed by atoms with Gasteiger partial charge in [-0.3, -0.25) is 0 Å². The maximum absolute atomic E-state index is 5.55. The van der Waals surface area contributed by atoms with Crippen molar-refractivity contribution < 1.29 is 4.74 Å². The average Bonchev–Trinajstić information content (AvgIpc) is 2.60. The van der Waals surface area contributed by atoms with E-state index in [0.29, 0.717) is 6.04 Å². The lowest BCUT2D eigenvalue weighted by Gasteiger charge is -2.17. The van der Waals surface area contributed by atoms with Crippen LogP contribution in [0.2, 0.25) is 0 Å². The summed E-state index contributed by atoms with van der Waals surface area (Å²) in [7, 11) is 1.73. The Hall–Kier alpha value is -2.32. The van der Waals surface area contributed by atoms with E-state index < -0.39 is 0 Å². The monoisotopic (exact) mass is 291 g/mol. The van der Waals surface area contributed by atoms with Crippen molar-refractivity contribution in [1.82, 2.24) is 5.32 Å². The molecule has 3 aromatic rings. The Balaban J connectivity index is 1.87. The molecule has 2 heteroatoms. The van der Waals surface area contributed by atoms with Crippen LogP contribution in [0.4, 0.5) is 0 Å². The zero-order valence-electron chi connectivity index (χ0n) is 13.0. The molecular weight excluding hydrogens is 270 g/mol. The summed E-state index contributed by atoms with van der Waals surface area (Å²) in [6.45, 7) is 2.97. The number of hydrogen-bond donors (Lipinski definition) is 1. The summed E-state index contributed by atoms with van der Waals surface area (Å²) in [5, 5.41) is 6.09. The SMILES string of the molecule is COc1ccc2ccccc2c1CN[C@H](C)c1ccccc1. The Morgan fingerprint density at radius 2 is 1.64 bits per heavy atom. The number of fused-ring (bicyclic) bond motifs is 1. The highest BCUT2D eigenvalue weighted by Gasteiger charge is 2.10. The van der Waals surface area contributed by atoms with Crippen LogP contribution in [0.1, 0.15) is 24.1 Å². The van der Waals surface area contributed by atoms with Crippen LogP contribution in [0.3, 0.4) is 0 Å². The number of nitrogens with one attached hydrogen (secondary N) is 1. The lowest BCUT2D eigenvalue weighted by atomic mass is 10.0. The molecule has 0 amide bonds. The van der Waals surface area contributed by atoms with Crippen LogP contribution >= 0.6 is 0 Å². The van der Waals surface area contributed by atoms with Crippen molar-refractivity contribution in [3.63, 3.8) is 0 Å². The van der Waals surface area contributed by atoms with Crippen LogP contribution in [0.25, 0.3) is 10.8 Å². The van der Waals surface area contributed by atoms with Gasteiger partial charge in [0, 0.05) is 18.2 Å². The van der Waals surface area contributed by atoms with Crippen molar-refractivity contribution >= 4 is 10.8 Å². The van der Waals surface area contributed by atoms with Crippen molar-refractivity contribution in [3.05, 3.63) is 77.9 Å². The van der Waals surface area contributed by atoms with Gasteiger partial charge in [-0.1, -0.05) is 60.7 Å². The second-order valence-electron chi connectivity index (χ2n) is 5.48. The quantitative estimate of drug-likeness (QED) is 0.735. The Labute approximate surface area is 131 Å². The summed E-state index contributed by atoms with van der Waals surface area (Å²) < 4.78 is 5.55. The van der Waals surface area contributed by atoms with Crippen LogP contribution in [-0.2, 0) is 6.54 Å². The number of benzene rings is 3. The summed E-state index contributed by atoms with van der Waals surface area (Å²) in [5.41, 5.74) is 2.50. The minimum atomic E-state index is 0.296. The molecule has 0 aliphatic heterocycles. The van der Waals surface area contributed by atoms with Crippen LogP contribution in [-0.4, -0.2) is 7.11 Å². The summed E-state index contributed by atoms with van der Waals surface area (Å²) in [5.74, 6) is 0.937. The molecule has 0 fully saturated rings. The molecule has 1 N–H and O–H groups in total. The summed E-state index contributed by atoms with van der Waals surface area (Å²) in [6.07, 6.45) is 0. The van der Waals surface area contributed by atoms with E-state index in [1.807, 2.05) is 12.1 Å². The molecule has 3 rings (SSSR count). The fraction of sp³-hybridized carbons (Fsp3) is 0.200. The highest BCUT2D eigenvalue weighted by atomic mass is 16.5. The lowest BCUT2D eigenvalue weighted by Crippen LogP contribution is -2.18. The van der Waals surface area contributed by atoms with E-state index in [2.05, 4.69) is 66.8 Å². The van der Waals surface area contributed by atoms with E-state index in [1.165, 1.54) is 21.9 Å². The predicted molar refractivity (Wildman–Crippen MR) is 92.2 cm³/mol. The minimum absolute atomic E-state index is 0.296. The topological polar surface area (TPSA) is 21.3 Å². The third-order valence-electron chi connectivity index (χ3n) is 4.10. The van der Waals surface area contributed by atoms with E-state index in [9.17, 15) is 0 Å². The first-order chi connectivity index (χ1) is 10.8. The fourth-order valence-electron chi connectivity index (χ4n) is 2.80. The molecule has 0 saturated carbocycles. The Bertz CT molecular complexity index is 752. The second-order valence-corrected chi connectivity index (χ2v) is 5.48.